The van der Waals surface area contributed by atoms with Crippen LogP contribution in [0.25, 0.3) is 0 Å². The lowest BCUT2D eigenvalue weighted by molar-refractivity contribution is 0.0681. The van der Waals surface area contributed by atoms with Gasteiger partial charge >= 0.3 is 11.9 Å². The third-order valence-electron chi connectivity index (χ3n) is 1.38. The molecule has 6 heteroatoms. The number of hydrogen-bond acceptors (Lipinski definition) is 4. The third kappa shape index (κ3) is 14.1. The van der Waals surface area contributed by atoms with Gasteiger partial charge in [-0.2, -0.15) is 0 Å². The summed E-state index contributed by atoms with van der Waals surface area (Å²) in [5.74, 6) is -2.13. The second-order valence-corrected chi connectivity index (χ2v) is 4.87. The molecule has 0 aromatic heterocycles. The topological polar surface area (TPSA) is 81.1 Å². The molecule has 0 atom stereocenters. The fraction of sp³-hybridized carbons (Fsp3) is 0.429. The number of carbonyl (C=O) groups is 2. The standard InChI is InChI=1S/C8H6O4.2C3H9N/c9-7(10)5-1-2-6(4-3-5)8(11)12;2*1-4(2)3/h1-4H,(H,9,10)(H,11,12);2*1-3H3. The van der Waals surface area contributed by atoms with Crippen LogP contribution in [0.4, 0.5) is 0 Å². The Labute approximate surface area is 120 Å². The van der Waals surface area contributed by atoms with Gasteiger partial charge in [-0.05, 0) is 66.6 Å². The molecule has 20 heavy (non-hydrogen) atoms. The molecular formula is C14H24N2O4. The Morgan fingerprint density at radius 1 is 0.700 bits per heavy atom. The monoisotopic (exact) mass is 284 g/mol. The normalized spacial score (nSPS) is 9.20. The maximum absolute atomic E-state index is 10.3. The van der Waals surface area contributed by atoms with E-state index in [2.05, 4.69) is 0 Å². The molecule has 0 saturated carbocycles. The maximum atomic E-state index is 10.3. The second-order valence-electron chi connectivity index (χ2n) is 4.87. The fourth-order valence-corrected chi connectivity index (χ4v) is 0.755. The van der Waals surface area contributed by atoms with E-state index in [9.17, 15) is 9.59 Å². The number of nitrogens with zero attached hydrogens (tertiary/aromatic N) is 2. The molecule has 2 N–H and O–H groups in total. The van der Waals surface area contributed by atoms with Crippen molar-refractivity contribution in [3.63, 3.8) is 0 Å². The molecule has 0 fully saturated rings. The largest absolute Gasteiger partial charge is 0.478 e. The lowest BCUT2D eigenvalue weighted by atomic mass is 10.1. The molecule has 0 amide bonds. The number of rotatable bonds is 2. The Hall–Kier alpha value is -1.92. The molecule has 0 heterocycles. The highest BCUT2D eigenvalue weighted by molar-refractivity contribution is 5.91. The number of carboxylic acids is 2. The van der Waals surface area contributed by atoms with Crippen LogP contribution >= 0.6 is 0 Å². The lowest BCUT2D eigenvalue weighted by Crippen LogP contribution is -1.99. The molecule has 114 valence electrons. The van der Waals surface area contributed by atoms with E-state index in [-0.39, 0.29) is 11.1 Å². The molecule has 0 aliphatic carbocycles. The minimum Gasteiger partial charge on any atom is -0.478 e. The van der Waals surface area contributed by atoms with Crippen molar-refractivity contribution in [2.45, 2.75) is 0 Å². The van der Waals surface area contributed by atoms with Crippen molar-refractivity contribution in [1.29, 1.82) is 0 Å². The first kappa shape index (κ1) is 20.4. The highest BCUT2D eigenvalue weighted by atomic mass is 16.4. The lowest BCUT2D eigenvalue weighted by Gasteiger charge is -1.94. The predicted molar refractivity (Wildman–Crippen MR) is 79.6 cm³/mol. The molecule has 1 aromatic rings. The van der Waals surface area contributed by atoms with Crippen LogP contribution in [0.2, 0.25) is 0 Å². The Morgan fingerprint density at radius 2 is 0.850 bits per heavy atom. The minimum absolute atomic E-state index is 0.0833. The molecule has 0 aliphatic heterocycles. The number of benzene rings is 1. The fourth-order valence-electron chi connectivity index (χ4n) is 0.755. The van der Waals surface area contributed by atoms with Gasteiger partial charge in [0.1, 0.15) is 0 Å². The van der Waals surface area contributed by atoms with Gasteiger partial charge < -0.3 is 20.0 Å². The summed E-state index contributed by atoms with van der Waals surface area (Å²) < 4.78 is 0. The molecule has 0 radical (unpaired) electrons. The average Bonchev–Trinajstić information content (AvgIpc) is 2.27. The quantitative estimate of drug-likeness (QED) is 0.855. The first-order chi connectivity index (χ1) is 9.07. The molecule has 0 aliphatic rings. The van der Waals surface area contributed by atoms with Crippen LogP contribution in [0, 0.1) is 0 Å². The van der Waals surface area contributed by atoms with Crippen LogP contribution in [0.15, 0.2) is 24.3 Å². The summed E-state index contributed by atoms with van der Waals surface area (Å²) >= 11 is 0. The van der Waals surface area contributed by atoms with Gasteiger partial charge in [0, 0.05) is 0 Å². The molecule has 6 nitrogen and oxygen atoms in total. The second kappa shape index (κ2) is 11.0. The zero-order valence-electron chi connectivity index (χ0n) is 12.9. The van der Waals surface area contributed by atoms with Gasteiger partial charge in [-0.15, -0.1) is 0 Å². The van der Waals surface area contributed by atoms with Crippen molar-refractivity contribution in [2.75, 3.05) is 42.3 Å². The van der Waals surface area contributed by atoms with Crippen LogP contribution in [0.5, 0.6) is 0 Å². The van der Waals surface area contributed by atoms with E-state index in [1.165, 1.54) is 24.3 Å². The third-order valence-corrected chi connectivity index (χ3v) is 1.38. The number of aromatic carboxylic acids is 2. The molecule has 0 saturated heterocycles. The van der Waals surface area contributed by atoms with Gasteiger partial charge in [0.15, 0.2) is 0 Å². The van der Waals surface area contributed by atoms with Crippen LogP contribution in [-0.4, -0.2) is 74.2 Å². The first-order valence-electron chi connectivity index (χ1n) is 5.86. The van der Waals surface area contributed by atoms with Crippen LogP contribution in [0.3, 0.4) is 0 Å². The zero-order valence-corrected chi connectivity index (χ0v) is 12.9. The van der Waals surface area contributed by atoms with E-state index in [0.717, 1.165) is 0 Å². The van der Waals surface area contributed by atoms with Crippen LogP contribution in [-0.2, 0) is 0 Å². The Kier molecular flexibility index (Phi) is 11.2. The SMILES string of the molecule is CN(C)C.CN(C)C.O=C(O)c1ccc(C(=O)O)cc1. The van der Waals surface area contributed by atoms with Crippen molar-refractivity contribution >= 4 is 11.9 Å². The first-order valence-corrected chi connectivity index (χ1v) is 5.86. The van der Waals surface area contributed by atoms with Crippen LogP contribution < -0.4 is 0 Å². The Balaban J connectivity index is 0. The van der Waals surface area contributed by atoms with E-state index in [4.69, 9.17) is 10.2 Å². The van der Waals surface area contributed by atoms with E-state index in [1.807, 2.05) is 52.1 Å². The molecule has 0 spiro atoms. The zero-order chi connectivity index (χ0) is 16.3. The highest BCUT2D eigenvalue weighted by Gasteiger charge is 2.04. The van der Waals surface area contributed by atoms with E-state index in [1.54, 1.807) is 0 Å². The average molecular weight is 284 g/mol. The molecule has 0 bridgehead atoms. The summed E-state index contributed by atoms with van der Waals surface area (Å²) in [4.78, 5) is 24.7. The number of carboxylic acid groups (broad SMARTS) is 2. The molecular weight excluding hydrogens is 260 g/mol. The smallest absolute Gasteiger partial charge is 0.335 e. The molecule has 1 aromatic carbocycles. The summed E-state index contributed by atoms with van der Waals surface area (Å²) in [6.45, 7) is 0. The van der Waals surface area contributed by atoms with E-state index in [0.29, 0.717) is 0 Å². The van der Waals surface area contributed by atoms with Crippen molar-refractivity contribution in [3.8, 4) is 0 Å². The van der Waals surface area contributed by atoms with E-state index < -0.39 is 11.9 Å². The van der Waals surface area contributed by atoms with Gasteiger partial charge in [0.25, 0.3) is 0 Å². The Bertz CT molecular complexity index is 356. The van der Waals surface area contributed by atoms with Crippen molar-refractivity contribution in [1.82, 2.24) is 9.80 Å². The number of hydrogen-bond donors (Lipinski definition) is 2. The van der Waals surface area contributed by atoms with Gasteiger partial charge in [0.2, 0.25) is 0 Å². The van der Waals surface area contributed by atoms with Gasteiger partial charge in [-0.25, -0.2) is 9.59 Å². The summed E-state index contributed by atoms with van der Waals surface area (Å²) in [5, 5.41) is 16.9. The summed E-state index contributed by atoms with van der Waals surface area (Å²) in [7, 11) is 12.0. The maximum Gasteiger partial charge on any atom is 0.335 e. The van der Waals surface area contributed by atoms with Crippen molar-refractivity contribution < 1.29 is 19.8 Å². The van der Waals surface area contributed by atoms with Gasteiger partial charge in [-0.3, -0.25) is 0 Å². The van der Waals surface area contributed by atoms with E-state index >= 15 is 0 Å². The molecule has 0 unspecified atom stereocenters. The van der Waals surface area contributed by atoms with Crippen molar-refractivity contribution in [2.24, 2.45) is 0 Å². The summed E-state index contributed by atoms with van der Waals surface area (Å²) in [6, 6.07) is 5.02. The predicted octanol–water partition coefficient (Wildman–Crippen LogP) is 1.44. The highest BCUT2D eigenvalue weighted by Crippen LogP contribution is 2.03. The van der Waals surface area contributed by atoms with Crippen molar-refractivity contribution in [3.05, 3.63) is 35.4 Å². The summed E-state index contributed by atoms with van der Waals surface area (Å²) in [5.41, 5.74) is 0.167. The minimum atomic E-state index is -1.06. The summed E-state index contributed by atoms with van der Waals surface area (Å²) in [6.07, 6.45) is 0. The van der Waals surface area contributed by atoms with Gasteiger partial charge in [-0.1, -0.05) is 0 Å². The molecule has 1 rings (SSSR count). The van der Waals surface area contributed by atoms with Gasteiger partial charge in [0.05, 0.1) is 11.1 Å². The van der Waals surface area contributed by atoms with Crippen LogP contribution in [0.1, 0.15) is 20.7 Å². The Morgan fingerprint density at radius 3 is 0.950 bits per heavy atom.